The van der Waals surface area contributed by atoms with Crippen molar-refractivity contribution in [2.45, 2.75) is 32.4 Å². The number of nitrogens with zero attached hydrogens (tertiary/aromatic N) is 3. The first-order valence-electron chi connectivity index (χ1n) is 9.65. The van der Waals surface area contributed by atoms with Crippen molar-refractivity contribution in [3.8, 4) is 0 Å². The van der Waals surface area contributed by atoms with Gasteiger partial charge in [0.25, 0.3) is 5.91 Å². The van der Waals surface area contributed by atoms with Gasteiger partial charge < -0.3 is 9.73 Å². The lowest BCUT2D eigenvalue weighted by Gasteiger charge is -2.25. The molecule has 0 radical (unpaired) electrons. The molecule has 1 aliphatic heterocycles. The minimum atomic E-state index is -0.288. The zero-order valence-corrected chi connectivity index (χ0v) is 17.4. The van der Waals surface area contributed by atoms with Crippen molar-refractivity contribution in [2.75, 3.05) is 18.4 Å². The Morgan fingerprint density at radius 1 is 1.07 bits per heavy atom. The Hall–Kier alpha value is -2.28. The number of benzene rings is 1. The molecule has 2 aromatic heterocycles. The molecule has 1 fully saturated rings. The van der Waals surface area contributed by atoms with E-state index in [2.05, 4.69) is 15.3 Å². The number of aromatic nitrogens is 2. The summed E-state index contributed by atoms with van der Waals surface area (Å²) in [5.41, 5.74) is 1.57. The number of anilines is 1. The van der Waals surface area contributed by atoms with Crippen LogP contribution in [0.25, 0.3) is 0 Å². The predicted octanol–water partition coefficient (Wildman–Crippen LogP) is 5.07. The fourth-order valence-corrected chi connectivity index (χ4v) is 3.78. The van der Waals surface area contributed by atoms with Crippen molar-refractivity contribution in [1.29, 1.82) is 0 Å². The van der Waals surface area contributed by atoms with Crippen LogP contribution >= 0.6 is 23.2 Å². The average Bonchev–Trinajstić information content (AvgIpc) is 3.35. The van der Waals surface area contributed by atoms with E-state index >= 15 is 0 Å². The summed E-state index contributed by atoms with van der Waals surface area (Å²) in [4.78, 5) is 14.8. The van der Waals surface area contributed by atoms with Crippen LogP contribution in [0.4, 0.5) is 5.69 Å². The number of carbonyl (C=O) groups excluding carboxylic acids is 1. The molecule has 4 rings (SSSR count). The first-order chi connectivity index (χ1) is 14.1. The van der Waals surface area contributed by atoms with E-state index in [1.807, 2.05) is 12.1 Å². The minimum absolute atomic E-state index is 0.288. The van der Waals surface area contributed by atoms with Gasteiger partial charge in [0.05, 0.1) is 35.0 Å². The van der Waals surface area contributed by atoms with Crippen LogP contribution in [-0.2, 0) is 13.1 Å². The summed E-state index contributed by atoms with van der Waals surface area (Å²) in [6.45, 7) is 3.43. The summed E-state index contributed by atoms with van der Waals surface area (Å²) < 4.78 is 7.46. The third-order valence-corrected chi connectivity index (χ3v) is 5.67. The molecule has 1 saturated heterocycles. The second kappa shape index (κ2) is 9.03. The molecule has 8 heteroatoms. The van der Waals surface area contributed by atoms with E-state index < -0.39 is 0 Å². The number of furan rings is 1. The molecule has 6 nitrogen and oxygen atoms in total. The highest BCUT2D eigenvalue weighted by Gasteiger charge is 2.16. The molecular formula is C21H22Cl2N4O2. The van der Waals surface area contributed by atoms with Crippen molar-refractivity contribution in [3.05, 3.63) is 69.9 Å². The summed E-state index contributed by atoms with van der Waals surface area (Å²) in [5, 5.41) is 8.12. The highest BCUT2D eigenvalue weighted by molar-refractivity contribution is 6.42. The van der Waals surface area contributed by atoms with E-state index in [0.29, 0.717) is 28.0 Å². The summed E-state index contributed by atoms with van der Waals surface area (Å²) in [5.74, 6) is 0.825. The van der Waals surface area contributed by atoms with Gasteiger partial charge in [0.2, 0.25) is 0 Å². The molecule has 3 aromatic rings. The molecular weight excluding hydrogens is 411 g/mol. The van der Waals surface area contributed by atoms with Crippen molar-refractivity contribution in [1.82, 2.24) is 14.7 Å². The van der Waals surface area contributed by atoms with Crippen LogP contribution in [0.2, 0.25) is 10.0 Å². The van der Waals surface area contributed by atoms with Crippen LogP contribution in [0.1, 0.15) is 41.1 Å². The highest BCUT2D eigenvalue weighted by atomic mass is 35.5. The van der Waals surface area contributed by atoms with Gasteiger partial charge in [-0.05, 0) is 55.8 Å². The van der Waals surface area contributed by atoms with Crippen molar-refractivity contribution >= 4 is 34.8 Å². The van der Waals surface area contributed by atoms with Crippen LogP contribution in [-0.4, -0.2) is 33.7 Å². The molecule has 29 heavy (non-hydrogen) atoms. The van der Waals surface area contributed by atoms with E-state index in [-0.39, 0.29) is 5.91 Å². The van der Waals surface area contributed by atoms with Crippen molar-refractivity contribution < 1.29 is 9.21 Å². The SMILES string of the molecule is O=C(Nc1cnn(Cc2ccc(Cl)c(Cl)c2)c1)c1ccc(CN2CCCCC2)o1. The Balaban J connectivity index is 1.34. The second-order valence-electron chi connectivity index (χ2n) is 7.23. The second-order valence-corrected chi connectivity index (χ2v) is 8.05. The zero-order valence-electron chi connectivity index (χ0n) is 15.9. The molecule has 1 amide bonds. The molecule has 152 valence electrons. The van der Waals surface area contributed by atoms with Crippen LogP contribution in [0.15, 0.2) is 47.1 Å². The molecule has 3 heterocycles. The number of nitrogens with one attached hydrogen (secondary N) is 1. The molecule has 0 aliphatic carbocycles. The summed E-state index contributed by atoms with van der Waals surface area (Å²) in [7, 11) is 0. The van der Waals surface area contributed by atoms with Gasteiger partial charge in [0, 0.05) is 6.20 Å². The fourth-order valence-electron chi connectivity index (χ4n) is 3.46. The van der Waals surface area contributed by atoms with Gasteiger partial charge in [0.1, 0.15) is 5.76 Å². The Kier molecular flexibility index (Phi) is 6.23. The highest BCUT2D eigenvalue weighted by Crippen LogP contribution is 2.23. The molecule has 0 bridgehead atoms. The molecule has 1 aliphatic rings. The number of halogens is 2. The lowest BCUT2D eigenvalue weighted by atomic mass is 10.1. The normalized spacial score (nSPS) is 14.8. The van der Waals surface area contributed by atoms with Gasteiger partial charge in [-0.2, -0.15) is 5.10 Å². The summed E-state index contributed by atoms with van der Waals surface area (Å²) in [6.07, 6.45) is 7.10. The number of amides is 1. The molecule has 1 N–H and O–H groups in total. The van der Waals surface area contributed by atoms with E-state index in [0.717, 1.165) is 31.0 Å². The lowest BCUT2D eigenvalue weighted by molar-refractivity contribution is 0.0992. The monoisotopic (exact) mass is 432 g/mol. The van der Waals surface area contributed by atoms with Crippen LogP contribution in [0, 0.1) is 0 Å². The van der Waals surface area contributed by atoms with Crippen LogP contribution in [0.5, 0.6) is 0 Å². The Morgan fingerprint density at radius 3 is 2.69 bits per heavy atom. The van der Waals surface area contributed by atoms with Crippen LogP contribution < -0.4 is 5.32 Å². The topological polar surface area (TPSA) is 63.3 Å². The van der Waals surface area contributed by atoms with Gasteiger partial charge in [-0.3, -0.25) is 14.4 Å². The minimum Gasteiger partial charge on any atom is -0.455 e. The lowest BCUT2D eigenvalue weighted by Crippen LogP contribution is -2.28. The number of hydrogen-bond donors (Lipinski definition) is 1. The van der Waals surface area contributed by atoms with Gasteiger partial charge in [-0.15, -0.1) is 0 Å². The number of hydrogen-bond acceptors (Lipinski definition) is 4. The Morgan fingerprint density at radius 2 is 1.90 bits per heavy atom. The standard InChI is InChI=1S/C21H22Cl2N4O2/c22-18-6-4-15(10-19(18)23)12-27-13-16(11-24-27)25-21(28)20-7-5-17(29-20)14-26-8-2-1-3-9-26/h4-7,10-11,13H,1-3,8-9,12,14H2,(H,25,28). The third-order valence-electron chi connectivity index (χ3n) is 4.93. The molecule has 0 spiro atoms. The van der Waals surface area contributed by atoms with Gasteiger partial charge in [-0.1, -0.05) is 35.7 Å². The first-order valence-corrected chi connectivity index (χ1v) is 10.4. The Labute approximate surface area is 179 Å². The van der Waals surface area contributed by atoms with Crippen molar-refractivity contribution in [2.24, 2.45) is 0 Å². The largest absolute Gasteiger partial charge is 0.455 e. The number of piperidine rings is 1. The maximum atomic E-state index is 12.5. The Bertz CT molecular complexity index is 992. The maximum absolute atomic E-state index is 12.5. The van der Waals surface area contributed by atoms with Crippen LogP contribution in [0.3, 0.4) is 0 Å². The molecule has 0 unspecified atom stereocenters. The van der Waals surface area contributed by atoms with E-state index in [1.54, 1.807) is 35.3 Å². The number of rotatable bonds is 6. The third kappa shape index (κ3) is 5.21. The van der Waals surface area contributed by atoms with Crippen molar-refractivity contribution in [3.63, 3.8) is 0 Å². The summed E-state index contributed by atoms with van der Waals surface area (Å²) >= 11 is 12.0. The maximum Gasteiger partial charge on any atom is 0.291 e. The molecule has 0 atom stereocenters. The van der Waals surface area contributed by atoms with Gasteiger partial charge in [-0.25, -0.2) is 0 Å². The predicted molar refractivity (Wildman–Crippen MR) is 114 cm³/mol. The first kappa shape index (κ1) is 20.0. The van der Waals surface area contributed by atoms with E-state index in [9.17, 15) is 4.79 Å². The number of carbonyl (C=O) groups is 1. The van der Waals surface area contributed by atoms with E-state index in [1.165, 1.54) is 19.3 Å². The smallest absolute Gasteiger partial charge is 0.291 e. The fraction of sp³-hybridized carbons (Fsp3) is 0.333. The molecule has 0 saturated carbocycles. The van der Waals surface area contributed by atoms with E-state index in [4.69, 9.17) is 27.6 Å². The summed E-state index contributed by atoms with van der Waals surface area (Å²) in [6, 6.07) is 9.03. The zero-order chi connectivity index (χ0) is 20.2. The molecule has 1 aromatic carbocycles. The quantitative estimate of drug-likeness (QED) is 0.590. The average molecular weight is 433 g/mol. The van der Waals surface area contributed by atoms with Gasteiger partial charge in [0.15, 0.2) is 5.76 Å². The number of likely N-dealkylation sites (tertiary alicyclic amines) is 1. The van der Waals surface area contributed by atoms with Gasteiger partial charge >= 0.3 is 0 Å².